The van der Waals surface area contributed by atoms with E-state index in [1.54, 1.807) is 0 Å². The fourth-order valence-electron chi connectivity index (χ4n) is 1.55. The van der Waals surface area contributed by atoms with Gasteiger partial charge >= 0.3 is 0 Å². The van der Waals surface area contributed by atoms with Gasteiger partial charge in [-0.1, -0.05) is 18.2 Å². The van der Waals surface area contributed by atoms with Crippen LogP contribution in [0.4, 0.5) is 0 Å². The molecule has 10 heavy (non-hydrogen) atoms. The monoisotopic (exact) mass is 149 g/mol. The van der Waals surface area contributed by atoms with Crippen molar-refractivity contribution in [1.82, 2.24) is 0 Å². The quantitative estimate of drug-likeness (QED) is 0.509. The standard InChI is InChI=1S/C9H10S/c10-9-5-4-7-2-1-3-8(7)6-9/h4-6,10H,1-3H2/p-1. The molecule has 0 saturated heterocycles. The van der Waals surface area contributed by atoms with Gasteiger partial charge in [-0.25, -0.2) is 0 Å². The van der Waals surface area contributed by atoms with Crippen LogP contribution in [0.25, 0.3) is 0 Å². The molecule has 0 bridgehead atoms. The van der Waals surface area contributed by atoms with E-state index in [4.69, 9.17) is 12.6 Å². The molecule has 0 radical (unpaired) electrons. The van der Waals surface area contributed by atoms with Crippen LogP contribution in [-0.4, -0.2) is 0 Å². The molecule has 0 nitrogen and oxygen atoms in total. The maximum atomic E-state index is 5.05. The lowest BCUT2D eigenvalue weighted by Crippen LogP contribution is -1.81. The molecule has 0 fully saturated rings. The molecule has 1 aromatic rings. The number of rotatable bonds is 0. The van der Waals surface area contributed by atoms with Gasteiger partial charge < -0.3 is 12.6 Å². The van der Waals surface area contributed by atoms with Crippen molar-refractivity contribution in [3.63, 3.8) is 0 Å². The Balaban J connectivity index is 2.52. The predicted molar refractivity (Wildman–Crippen MR) is 44.1 cm³/mol. The number of aryl methyl sites for hydroxylation is 2. The zero-order chi connectivity index (χ0) is 6.97. The van der Waals surface area contributed by atoms with Crippen molar-refractivity contribution >= 4 is 12.6 Å². The highest BCUT2D eigenvalue weighted by Crippen LogP contribution is 2.22. The van der Waals surface area contributed by atoms with Gasteiger partial charge in [0.2, 0.25) is 0 Å². The normalized spacial score (nSPS) is 15.2. The molecule has 1 heteroatoms. The van der Waals surface area contributed by atoms with E-state index in [2.05, 4.69) is 12.1 Å². The Kier molecular flexibility index (Phi) is 1.38. The van der Waals surface area contributed by atoms with Crippen molar-refractivity contribution in [2.45, 2.75) is 24.2 Å². The molecule has 0 unspecified atom stereocenters. The molecule has 0 heterocycles. The van der Waals surface area contributed by atoms with E-state index in [1.165, 1.54) is 30.4 Å². The van der Waals surface area contributed by atoms with Crippen molar-refractivity contribution in [1.29, 1.82) is 0 Å². The number of hydrogen-bond acceptors (Lipinski definition) is 1. The van der Waals surface area contributed by atoms with E-state index in [1.807, 2.05) is 6.07 Å². The molecule has 0 aromatic heterocycles. The molecule has 0 spiro atoms. The van der Waals surface area contributed by atoms with Crippen LogP contribution in [0.15, 0.2) is 23.1 Å². The maximum Gasteiger partial charge on any atom is -0.0273 e. The van der Waals surface area contributed by atoms with Crippen LogP contribution in [0.5, 0.6) is 0 Å². The second-order valence-corrected chi connectivity index (χ2v) is 3.26. The van der Waals surface area contributed by atoms with Crippen molar-refractivity contribution < 1.29 is 0 Å². The third kappa shape index (κ3) is 0.907. The molecule has 0 aliphatic heterocycles. The van der Waals surface area contributed by atoms with E-state index >= 15 is 0 Å². The molecule has 0 atom stereocenters. The summed E-state index contributed by atoms with van der Waals surface area (Å²) in [6.07, 6.45) is 3.80. The van der Waals surface area contributed by atoms with Crippen molar-refractivity contribution in [2.75, 3.05) is 0 Å². The summed E-state index contributed by atoms with van der Waals surface area (Å²) in [7, 11) is 0. The van der Waals surface area contributed by atoms with Gasteiger partial charge in [0.05, 0.1) is 0 Å². The molecule has 1 aromatic carbocycles. The summed E-state index contributed by atoms with van der Waals surface area (Å²) >= 11 is 5.05. The van der Waals surface area contributed by atoms with Gasteiger partial charge in [0.15, 0.2) is 0 Å². The lowest BCUT2D eigenvalue weighted by Gasteiger charge is -2.06. The number of fused-ring (bicyclic) bond motifs is 1. The SMILES string of the molecule is [S-]c1ccc2c(c1)CCC2. The second kappa shape index (κ2) is 2.24. The van der Waals surface area contributed by atoms with Gasteiger partial charge in [-0.05, 0) is 30.4 Å². The number of hydrogen-bond donors (Lipinski definition) is 0. The minimum absolute atomic E-state index is 0.987. The first-order valence-electron chi connectivity index (χ1n) is 3.65. The highest BCUT2D eigenvalue weighted by molar-refractivity contribution is 7.58. The first-order chi connectivity index (χ1) is 4.86. The van der Waals surface area contributed by atoms with E-state index < -0.39 is 0 Å². The summed E-state index contributed by atoms with van der Waals surface area (Å²) in [6, 6.07) is 6.34. The summed E-state index contributed by atoms with van der Waals surface area (Å²) in [5.74, 6) is 0. The lowest BCUT2D eigenvalue weighted by molar-refractivity contribution is 0.911. The van der Waals surface area contributed by atoms with Crippen molar-refractivity contribution in [3.8, 4) is 0 Å². The van der Waals surface area contributed by atoms with Crippen LogP contribution >= 0.6 is 0 Å². The maximum absolute atomic E-state index is 5.05. The van der Waals surface area contributed by atoms with E-state index in [0.29, 0.717) is 0 Å². The first-order valence-corrected chi connectivity index (χ1v) is 4.06. The highest BCUT2D eigenvalue weighted by atomic mass is 32.1. The van der Waals surface area contributed by atoms with Crippen LogP contribution in [0, 0.1) is 0 Å². The van der Waals surface area contributed by atoms with Crippen LogP contribution in [0.3, 0.4) is 0 Å². The fraction of sp³-hybridized carbons (Fsp3) is 0.333. The molecule has 52 valence electrons. The van der Waals surface area contributed by atoms with Crippen LogP contribution in [0.2, 0.25) is 0 Å². The first kappa shape index (κ1) is 6.17. The van der Waals surface area contributed by atoms with Crippen molar-refractivity contribution in [3.05, 3.63) is 29.3 Å². The van der Waals surface area contributed by atoms with Gasteiger partial charge in [0.1, 0.15) is 0 Å². The summed E-state index contributed by atoms with van der Waals surface area (Å²) < 4.78 is 0. The largest absolute Gasteiger partial charge is 0.780 e. The molecule has 0 saturated carbocycles. The van der Waals surface area contributed by atoms with Gasteiger partial charge in [-0.15, -0.1) is 0 Å². The molecular formula is C9H9S-. The van der Waals surface area contributed by atoms with Gasteiger partial charge in [-0.3, -0.25) is 0 Å². The third-order valence-electron chi connectivity index (χ3n) is 2.07. The molecule has 1 aliphatic rings. The Labute approximate surface area is 66.7 Å². The zero-order valence-corrected chi connectivity index (χ0v) is 6.58. The molecule has 0 N–H and O–H groups in total. The highest BCUT2D eigenvalue weighted by Gasteiger charge is 2.07. The van der Waals surface area contributed by atoms with E-state index in [9.17, 15) is 0 Å². The van der Waals surface area contributed by atoms with Gasteiger partial charge in [0.25, 0.3) is 0 Å². The molecule has 0 amide bonds. The number of benzene rings is 1. The fourth-order valence-corrected chi connectivity index (χ4v) is 1.76. The summed E-state index contributed by atoms with van der Waals surface area (Å²) in [6.45, 7) is 0. The Morgan fingerprint density at radius 1 is 1.10 bits per heavy atom. The Morgan fingerprint density at radius 2 is 1.90 bits per heavy atom. The van der Waals surface area contributed by atoms with E-state index in [-0.39, 0.29) is 0 Å². The Morgan fingerprint density at radius 3 is 2.80 bits per heavy atom. The molecule has 1 aliphatic carbocycles. The van der Waals surface area contributed by atoms with Gasteiger partial charge in [-0.2, -0.15) is 4.90 Å². The topological polar surface area (TPSA) is 0 Å². The summed E-state index contributed by atoms with van der Waals surface area (Å²) in [5.41, 5.74) is 2.99. The van der Waals surface area contributed by atoms with E-state index in [0.717, 1.165) is 4.90 Å². The molecular weight excluding hydrogens is 140 g/mol. The zero-order valence-electron chi connectivity index (χ0n) is 5.76. The molecule has 2 rings (SSSR count). The Hall–Kier alpha value is -0.560. The van der Waals surface area contributed by atoms with Crippen LogP contribution < -0.4 is 0 Å². The Bertz CT molecular complexity index is 253. The minimum atomic E-state index is 0.987. The predicted octanol–water partition coefficient (Wildman–Crippen LogP) is 2.08. The summed E-state index contributed by atoms with van der Waals surface area (Å²) in [5, 5.41) is 0. The smallest absolute Gasteiger partial charge is 0.0273 e. The van der Waals surface area contributed by atoms with Crippen LogP contribution in [-0.2, 0) is 25.5 Å². The summed E-state index contributed by atoms with van der Waals surface area (Å²) in [4.78, 5) is 0.987. The lowest BCUT2D eigenvalue weighted by atomic mass is 10.1. The second-order valence-electron chi connectivity index (χ2n) is 2.78. The third-order valence-corrected chi connectivity index (χ3v) is 2.32. The van der Waals surface area contributed by atoms with Crippen molar-refractivity contribution in [2.24, 2.45) is 0 Å². The average Bonchev–Trinajstić information content (AvgIpc) is 2.33. The van der Waals surface area contributed by atoms with Gasteiger partial charge in [0, 0.05) is 0 Å². The van der Waals surface area contributed by atoms with Crippen LogP contribution in [0.1, 0.15) is 17.5 Å². The minimum Gasteiger partial charge on any atom is -0.780 e. The average molecular weight is 149 g/mol.